The molecule has 2 N–H and O–H groups in total. The third-order valence-corrected chi connectivity index (χ3v) is 4.58. The molecule has 2 aromatic carbocycles. The normalized spacial score (nSPS) is 15.6. The van der Waals surface area contributed by atoms with E-state index in [4.69, 9.17) is 0 Å². The average molecular weight is 403 g/mol. The zero-order chi connectivity index (χ0) is 16.9. The van der Waals surface area contributed by atoms with Crippen molar-refractivity contribution in [3.63, 3.8) is 0 Å². The molecular weight excluding hydrogens is 388 g/mol. The predicted molar refractivity (Wildman–Crippen MR) is 104 cm³/mol. The lowest BCUT2D eigenvalue weighted by molar-refractivity contribution is -0.114. The Morgan fingerprint density at radius 1 is 1.29 bits per heavy atom. The molecule has 1 aliphatic heterocycles. The molecule has 1 heterocycles. The maximum atomic E-state index is 11.0. The van der Waals surface area contributed by atoms with Gasteiger partial charge in [-0.15, -0.1) is 0 Å². The van der Waals surface area contributed by atoms with E-state index in [9.17, 15) is 4.79 Å². The highest BCUT2D eigenvalue weighted by atomic mass is 79.9. The topological polar surface area (TPSA) is 65.8 Å². The molecule has 122 valence electrons. The maximum absolute atomic E-state index is 11.0. The monoisotopic (exact) mass is 402 g/mol. The van der Waals surface area contributed by atoms with Gasteiger partial charge >= 0.3 is 0 Å². The first-order valence-corrected chi connectivity index (χ1v) is 9.06. The number of thioether (sulfide) groups is 1. The van der Waals surface area contributed by atoms with Crippen LogP contribution in [0.2, 0.25) is 0 Å². The molecule has 0 saturated heterocycles. The van der Waals surface area contributed by atoms with Crippen LogP contribution < -0.4 is 10.7 Å². The van der Waals surface area contributed by atoms with E-state index in [0.29, 0.717) is 0 Å². The third-order valence-electron chi connectivity index (χ3n) is 3.21. The summed E-state index contributed by atoms with van der Waals surface area (Å²) < 4.78 is 0.994. The second-order valence-electron chi connectivity index (χ2n) is 5.11. The van der Waals surface area contributed by atoms with Gasteiger partial charge < -0.3 is 5.32 Å². The molecule has 0 atom stereocenters. The van der Waals surface area contributed by atoms with Crippen LogP contribution in [0.15, 0.2) is 63.1 Å². The number of hydrogen-bond donors (Lipinski definition) is 2. The van der Waals surface area contributed by atoms with Crippen LogP contribution in [0.4, 0.5) is 11.4 Å². The van der Waals surface area contributed by atoms with Gasteiger partial charge in [0.15, 0.2) is 5.17 Å². The molecule has 0 radical (unpaired) electrons. The van der Waals surface area contributed by atoms with Gasteiger partial charge in [-0.05, 0) is 35.9 Å². The molecule has 0 saturated carbocycles. The number of nitrogens with one attached hydrogen (secondary N) is 2. The molecule has 0 unspecified atom stereocenters. The summed E-state index contributed by atoms with van der Waals surface area (Å²) >= 11 is 5.04. The molecular formula is C17H15BrN4OS. The molecule has 0 spiro atoms. The number of aliphatic imine (C=N–C) groups is 1. The van der Waals surface area contributed by atoms with Crippen LogP contribution in [0.5, 0.6) is 0 Å². The number of hydrogen-bond acceptors (Lipinski definition) is 4. The fourth-order valence-corrected chi connectivity index (χ4v) is 3.31. The number of hydrazone groups is 1. The van der Waals surface area contributed by atoms with Crippen molar-refractivity contribution in [3.05, 3.63) is 58.6 Å². The molecule has 1 amide bonds. The second kappa shape index (κ2) is 7.63. The van der Waals surface area contributed by atoms with Gasteiger partial charge in [-0.1, -0.05) is 45.9 Å². The first-order valence-electron chi connectivity index (χ1n) is 7.28. The summed E-state index contributed by atoms with van der Waals surface area (Å²) in [5, 5.41) is 7.93. The van der Waals surface area contributed by atoms with Crippen molar-refractivity contribution in [2.75, 3.05) is 11.1 Å². The van der Waals surface area contributed by atoms with E-state index in [-0.39, 0.29) is 5.91 Å². The highest BCUT2D eigenvalue weighted by Gasteiger charge is 2.13. The summed E-state index contributed by atoms with van der Waals surface area (Å²) in [6.45, 7) is 1.49. The van der Waals surface area contributed by atoms with Crippen LogP contribution in [-0.4, -0.2) is 22.5 Å². The molecule has 0 bridgehead atoms. The van der Waals surface area contributed by atoms with E-state index in [1.54, 1.807) is 11.8 Å². The van der Waals surface area contributed by atoms with Crippen LogP contribution >= 0.6 is 27.7 Å². The molecule has 3 rings (SSSR count). The lowest BCUT2D eigenvalue weighted by atomic mass is 10.1. The van der Waals surface area contributed by atoms with Gasteiger partial charge in [-0.3, -0.25) is 10.2 Å². The summed E-state index contributed by atoms with van der Waals surface area (Å²) in [6.07, 6.45) is 0. The lowest BCUT2D eigenvalue weighted by Crippen LogP contribution is -2.25. The van der Waals surface area contributed by atoms with E-state index in [1.807, 2.05) is 48.5 Å². The first kappa shape index (κ1) is 16.7. The van der Waals surface area contributed by atoms with E-state index < -0.39 is 0 Å². The van der Waals surface area contributed by atoms with Crippen LogP contribution in [-0.2, 0) is 4.79 Å². The van der Waals surface area contributed by atoms with Crippen molar-refractivity contribution in [2.24, 2.45) is 10.1 Å². The standard InChI is InChI=1S/C17H15BrN4OS/c1-11(23)19-14-7-5-12(6-8-14)16-10-24-17(22-21-16)20-15-4-2-3-13(18)9-15/h2-9H,10H2,1H3,(H,19,23)(H,20,22). The van der Waals surface area contributed by atoms with Crippen molar-refractivity contribution in [2.45, 2.75) is 6.92 Å². The van der Waals surface area contributed by atoms with E-state index in [1.165, 1.54) is 6.92 Å². The quantitative estimate of drug-likeness (QED) is 0.810. The smallest absolute Gasteiger partial charge is 0.221 e. The van der Waals surface area contributed by atoms with Gasteiger partial charge in [0, 0.05) is 22.8 Å². The van der Waals surface area contributed by atoms with Crippen LogP contribution in [0.3, 0.4) is 0 Å². The van der Waals surface area contributed by atoms with Crippen molar-refractivity contribution >= 4 is 55.9 Å². The summed E-state index contributed by atoms with van der Waals surface area (Å²) in [7, 11) is 0. The Balaban J connectivity index is 1.70. The minimum atomic E-state index is -0.0802. The fourth-order valence-electron chi connectivity index (χ4n) is 2.13. The van der Waals surface area contributed by atoms with Crippen LogP contribution in [0, 0.1) is 0 Å². The van der Waals surface area contributed by atoms with Crippen molar-refractivity contribution < 1.29 is 4.79 Å². The highest BCUT2D eigenvalue weighted by Crippen LogP contribution is 2.22. The summed E-state index contributed by atoms with van der Waals surface area (Å²) in [4.78, 5) is 15.6. The minimum Gasteiger partial charge on any atom is -0.326 e. The molecule has 2 aromatic rings. The summed E-state index contributed by atoms with van der Waals surface area (Å²) in [5.41, 5.74) is 6.62. The molecule has 7 heteroatoms. The number of anilines is 1. The third kappa shape index (κ3) is 4.46. The average Bonchev–Trinajstić information content (AvgIpc) is 2.56. The van der Waals surface area contributed by atoms with Crippen LogP contribution in [0.25, 0.3) is 0 Å². The number of rotatable bonds is 3. The summed E-state index contributed by atoms with van der Waals surface area (Å²) in [5.74, 6) is 0.655. The maximum Gasteiger partial charge on any atom is 0.221 e. The molecule has 1 aliphatic rings. The van der Waals surface area contributed by atoms with Gasteiger partial charge in [0.2, 0.25) is 5.91 Å². The zero-order valence-corrected chi connectivity index (χ0v) is 15.3. The Morgan fingerprint density at radius 2 is 2.08 bits per heavy atom. The SMILES string of the molecule is CC(=O)Nc1ccc(C2=NNC(=Nc3cccc(Br)c3)SC2)cc1. The van der Waals surface area contributed by atoms with E-state index in [0.717, 1.165) is 38.0 Å². The first-order chi connectivity index (χ1) is 11.6. The molecule has 0 aromatic heterocycles. The van der Waals surface area contributed by atoms with Crippen molar-refractivity contribution in [3.8, 4) is 0 Å². The Kier molecular flexibility index (Phi) is 5.32. The number of halogens is 1. The van der Waals surface area contributed by atoms with Gasteiger partial charge in [0.25, 0.3) is 0 Å². The molecule has 24 heavy (non-hydrogen) atoms. The Morgan fingerprint density at radius 3 is 2.71 bits per heavy atom. The largest absolute Gasteiger partial charge is 0.326 e. The number of carbonyl (C=O) groups is 1. The Bertz CT molecular complexity index is 818. The second-order valence-corrected chi connectivity index (χ2v) is 6.99. The van der Waals surface area contributed by atoms with Crippen molar-refractivity contribution in [1.82, 2.24) is 5.43 Å². The number of amides is 1. The number of benzene rings is 2. The van der Waals surface area contributed by atoms with Crippen LogP contribution in [0.1, 0.15) is 12.5 Å². The fraction of sp³-hybridized carbons (Fsp3) is 0.118. The van der Waals surface area contributed by atoms with Gasteiger partial charge in [-0.25, -0.2) is 4.99 Å². The highest BCUT2D eigenvalue weighted by molar-refractivity contribution is 9.10. The molecule has 0 fully saturated rings. The molecule has 0 aliphatic carbocycles. The van der Waals surface area contributed by atoms with Gasteiger partial charge in [0.1, 0.15) is 0 Å². The summed E-state index contributed by atoms with van der Waals surface area (Å²) in [6, 6.07) is 15.4. The lowest BCUT2D eigenvalue weighted by Gasteiger charge is -2.15. The van der Waals surface area contributed by atoms with E-state index >= 15 is 0 Å². The Labute approximate surface area is 152 Å². The zero-order valence-electron chi connectivity index (χ0n) is 12.9. The number of amidine groups is 1. The molecule has 5 nitrogen and oxygen atoms in total. The van der Waals surface area contributed by atoms with Crippen molar-refractivity contribution in [1.29, 1.82) is 0 Å². The number of carbonyl (C=O) groups excluding carboxylic acids is 1. The van der Waals surface area contributed by atoms with E-state index in [2.05, 4.69) is 36.8 Å². The number of nitrogens with zero attached hydrogens (tertiary/aromatic N) is 2. The van der Waals surface area contributed by atoms with Gasteiger partial charge in [-0.2, -0.15) is 5.10 Å². The van der Waals surface area contributed by atoms with Gasteiger partial charge in [0.05, 0.1) is 11.4 Å². The minimum absolute atomic E-state index is 0.0802. The predicted octanol–water partition coefficient (Wildman–Crippen LogP) is 4.14. The Hall–Kier alpha value is -2.12.